The van der Waals surface area contributed by atoms with Crippen molar-refractivity contribution in [1.29, 1.82) is 0 Å². The molecule has 0 aliphatic carbocycles. The van der Waals surface area contributed by atoms with Crippen LogP contribution in [-0.2, 0) is 17.8 Å². The van der Waals surface area contributed by atoms with Crippen molar-refractivity contribution in [1.82, 2.24) is 4.90 Å². The van der Waals surface area contributed by atoms with Crippen molar-refractivity contribution in [3.63, 3.8) is 0 Å². The Morgan fingerprint density at radius 3 is 2.57 bits per heavy atom. The number of carbonyl (C=O) groups excluding carboxylic acids is 1. The summed E-state index contributed by atoms with van der Waals surface area (Å²) in [6.45, 7) is 4.97. The summed E-state index contributed by atoms with van der Waals surface area (Å²) in [6, 6.07) is 14.7. The molecule has 1 amide bonds. The van der Waals surface area contributed by atoms with Crippen molar-refractivity contribution in [2.45, 2.75) is 45.7 Å². The van der Waals surface area contributed by atoms with E-state index in [0.29, 0.717) is 13.0 Å². The lowest BCUT2D eigenvalue weighted by Gasteiger charge is -2.29. The first-order valence-electron chi connectivity index (χ1n) is 7.56. The predicted octanol–water partition coefficient (Wildman–Crippen LogP) is 4.51. The van der Waals surface area contributed by atoms with Crippen molar-refractivity contribution in [2.24, 2.45) is 0 Å². The van der Waals surface area contributed by atoms with Crippen LogP contribution in [0.25, 0.3) is 0 Å². The molecule has 0 bridgehead atoms. The first-order chi connectivity index (χ1) is 10.2. The van der Waals surface area contributed by atoms with Gasteiger partial charge in [-0.05, 0) is 36.8 Å². The summed E-state index contributed by atoms with van der Waals surface area (Å²) >= 11 is 1.72. The van der Waals surface area contributed by atoms with Crippen molar-refractivity contribution in [3.05, 3.63) is 58.3 Å². The summed E-state index contributed by atoms with van der Waals surface area (Å²) in [4.78, 5) is 15.9. The molecule has 0 fully saturated rings. The molecule has 3 heteroatoms. The predicted molar refractivity (Wildman–Crippen MR) is 89.4 cm³/mol. The van der Waals surface area contributed by atoms with Gasteiger partial charge in [0.05, 0.1) is 0 Å². The van der Waals surface area contributed by atoms with Crippen LogP contribution in [0.2, 0.25) is 0 Å². The molecule has 112 valence electrons. The zero-order chi connectivity index (χ0) is 15.1. The van der Waals surface area contributed by atoms with E-state index >= 15 is 0 Å². The molecule has 1 aromatic heterocycles. The lowest BCUT2D eigenvalue weighted by Crippen LogP contribution is -2.37. The van der Waals surface area contributed by atoms with E-state index in [9.17, 15) is 4.79 Å². The Labute approximate surface area is 131 Å². The third-order valence-corrected chi connectivity index (χ3v) is 4.74. The zero-order valence-electron chi connectivity index (χ0n) is 12.8. The average Bonchev–Trinajstić information content (AvgIpc) is 3.04. The average molecular weight is 301 g/mol. The summed E-state index contributed by atoms with van der Waals surface area (Å²) in [5.74, 6) is 0.251. The van der Waals surface area contributed by atoms with Gasteiger partial charge in [0.15, 0.2) is 0 Å². The maximum Gasteiger partial charge on any atom is 0.223 e. The van der Waals surface area contributed by atoms with E-state index in [1.54, 1.807) is 11.3 Å². The minimum atomic E-state index is 0.251. The fraction of sp³-hybridized carbons (Fsp3) is 0.389. The highest BCUT2D eigenvalue weighted by molar-refractivity contribution is 7.09. The monoisotopic (exact) mass is 301 g/mol. The third-order valence-electron chi connectivity index (χ3n) is 3.80. The normalized spacial score (nSPS) is 12.1. The van der Waals surface area contributed by atoms with Gasteiger partial charge in [-0.1, -0.05) is 43.3 Å². The van der Waals surface area contributed by atoms with E-state index in [2.05, 4.69) is 37.4 Å². The van der Waals surface area contributed by atoms with Crippen molar-refractivity contribution >= 4 is 17.2 Å². The standard InChI is InChI=1S/C18H23NOS/c1-3-15(2)19(14-16-8-5-4-6-9-16)18(20)12-11-17-10-7-13-21-17/h4-10,13,15H,3,11-12,14H2,1-2H3/t15-/m0/s1. The lowest BCUT2D eigenvalue weighted by molar-refractivity contribution is -0.133. The largest absolute Gasteiger partial charge is 0.336 e. The van der Waals surface area contributed by atoms with Gasteiger partial charge in [-0.25, -0.2) is 0 Å². The van der Waals surface area contributed by atoms with E-state index in [0.717, 1.165) is 12.8 Å². The van der Waals surface area contributed by atoms with E-state index in [1.165, 1.54) is 10.4 Å². The molecule has 0 radical (unpaired) electrons. The molecule has 2 aromatic rings. The number of rotatable bonds is 7. The molecule has 0 aliphatic rings. The van der Waals surface area contributed by atoms with Gasteiger partial charge in [0.2, 0.25) is 5.91 Å². The maximum absolute atomic E-state index is 12.6. The second-order valence-electron chi connectivity index (χ2n) is 5.34. The highest BCUT2D eigenvalue weighted by atomic mass is 32.1. The lowest BCUT2D eigenvalue weighted by atomic mass is 10.1. The minimum absolute atomic E-state index is 0.251. The van der Waals surface area contributed by atoms with E-state index in [4.69, 9.17) is 0 Å². The molecule has 0 N–H and O–H groups in total. The van der Waals surface area contributed by atoms with Gasteiger partial charge in [0, 0.05) is 23.9 Å². The van der Waals surface area contributed by atoms with Gasteiger partial charge < -0.3 is 4.90 Å². The van der Waals surface area contributed by atoms with Gasteiger partial charge in [0.25, 0.3) is 0 Å². The maximum atomic E-state index is 12.6. The summed E-state index contributed by atoms with van der Waals surface area (Å²) in [5.41, 5.74) is 1.20. The highest BCUT2D eigenvalue weighted by Gasteiger charge is 2.19. The molecule has 2 rings (SSSR count). The molecule has 0 aliphatic heterocycles. The van der Waals surface area contributed by atoms with Crippen LogP contribution in [0.1, 0.15) is 37.1 Å². The summed E-state index contributed by atoms with van der Waals surface area (Å²) in [5, 5.41) is 2.07. The first-order valence-corrected chi connectivity index (χ1v) is 8.44. The van der Waals surface area contributed by atoms with Gasteiger partial charge in [-0.15, -0.1) is 11.3 Å². The van der Waals surface area contributed by atoms with Gasteiger partial charge in [-0.2, -0.15) is 0 Å². The van der Waals surface area contributed by atoms with Crippen molar-refractivity contribution in [2.75, 3.05) is 0 Å². The van der Waals surface area contributed by atoms with Crippen LogP contribution in [0.5, 0.6) is 0 Å². The van der Waals surface area contributed by atoms with Crippen molar-refractivity contribution < 1.29 is 4.79 Å². The Hall–Kier alpha value is -1.61. The molecule has 1 heterocycles. The van der Waals surface area contributed by atoms with Gasteiger partial charge >= 0.3 is 0 Å². The number of aryl methyl sites for hydroxylation is 1. The molecule has 21 heavy (non-hydrogen) atoms. The van der Waals surface area contributed by atoms with E-state index in [-0.39, 0.29) is 11.9 Å². The third kappa shape index (κ3) is 4.71. The molecular formula is C18H23NOS. The Morgan fingerprint density at radius 2 is 1.95 bits per heavy atom. The van der Waals surface area contributed by atoms with E-state index in [1.807, 2.05) is 29.2 Å². The molecule has 0 spiro atoms. The number of amides is 1. The molecule has 1 atom stereocenters. The number of benzene rings is 1. The first kappa shape index (κ1) is 15.8. The highest BCUT2D eigenvalue weighted by Crippen LogP contribution is 2.16. The molecular weight excluding hydrogens is 278 g/mol. The number of nitrogens with zero attached hydrogens (tertiary/aromatic N) is 1. The van der Waals surface area contributed by atoms with Crippen LogP contribution in [0.4, 0.5) is 0 Å². The Balaban J connectivity index is 1.99. The fourth-order valence-corrected chi connectivity index (χ4v) is 3.03. The second kappa shape index (κ2) is 7.99. The van der Waals surface area contributed by atoms with Crippen molar-refractivity contribution in [3.8, 4) is 0 Å². The molecule has 0 saturated heterocycles. The summed E-state index contributed by atoms with van der Waals surface area (Å²) in [6.07, 6.45) is 2.42. The quantitative estimate of drug-likeness (QED) is 0.737. The second-order valence-corrected chi connectivity index (χ2v) is 6.38. The van der Waals surface area contributed by atoms with Gasteiger partial charge in [0.1, 0.15) is 0 Å². The molecule has 0 saturated carbocycles. The zero-order valence-corrected chi connectivity index (χ0v) is 13.6. The number of carbonyl (C=O) groups is 1. The number of hydrogen-bond donors (Lipinski definition) is 0. The van der Waals surface area contributed by atoms with Crippen LogP contribution in [0, 0.1) is 0 Å². The Morgan fingerprint density at radius 1 is 1.19 bits per heavy atom. The topological polar surface area (TPSA) is 20.3 Å². The van der Waals surface area contributed by atoms with Crippen LogP contribution >= 0.6 is 11.3 Å². The molecule has 0 unspecified atom stereocenters. The molecule has 2 nitrogen and oxygen atoms in total. The summed E-state index contributed by atoms with van der Waals surface area (Å²) in [7, 11) is 0. The SMILES string of the molecule is CC[C@H](C)N(Cc1ccccc1)C(=O)CCc1cccs1. The number of thiophene rings is 1. The van der Waals surface area contributed by atoms with Gasteiger partial charge in [-0.3, -0.25) is 4.79 Å². The van der Waals surface area contributed by atoms with Crippen LogP contribution in [0.3, 0.4) is 0 Å². The Kier molecular flexibility index (Phi) is 6.00. The summed E-state index contributed by atoms with van der Waals surface area (Å²) < 4.78 is 0. The minimum Gasteiger partial charge on any atom is -0.336 e. The van der Waals surface area contributed by atoms with Crippen LogP contribution in [-0.4, -0.2) is 16.8 Å². The smallest absolute Gasteiger partial charge is 0.223 e. The fourth-order valence-electron chi connectivity index (χ4n) is 2.32. The van der Waals surface area contributed by atoms with Crippen LogP contribution < -0.4 is 0 Å². The van der Waals surface area contributed by atoms with Crippen LogP contribution in [0.15, 0.2) is 47.8 Å². The number of hydrogen-bond acceptors (Lipinski definition) is 2. The molecule has 1 aromatic carbocycles. The Bertz CT molecular complexity index is 536. The van der Waals surface area contributed by atoms with E-state index < -0.39 is 0 Å².